The minimum absolute atomic E-state index is 0.0984. The predicted molar refractivity (Wildman–Crippen MR) is 70.3 cm³/mol. The van der Waals surface area contributed by atoms with Gasteiger partial charge in [-0.25, -0.2) is 13.2 Å². The first-order valence-electron chi connectivity index (χ1n) is 6.08. The van der Waals surface area contributed by atoms with Crippen LogP contribution < -0.4 is 0 Å². The Morgan fingerprint density at radius 2 is 1.86 bits per heavy atom. The van der Waals surface area contributed by atoms with E-state index < -0.39 is 34.3 Å². The third kappa shape index (κ3) is 2.30. The lowest BCUT2D eigenvalue weighted by Crippen LogP contribution is -2.62. The number of halogens is 3. The quantitative estimate of drug-likeness (QED) is 0.623. The summed E-state index contributed by atoms with van der Waals surface area (Å²) in [6.45, 7) is -0.578. The summed E-state index contributed by atoms with van der Waals surface area (Å²) in [7, 11) is -3.76. The van der Waals surface area contributed by atoms with Crippen molar-refractivity contribution in [2.24, 2.45) is 0 Å². The molecule has 0 bridgehead atoms. The maximum Gasteiger partial charge on any atom is 0.422 e. The highest BCUT2D eigenvalue weighted by Crippen LogP contribution is 2.43. The largest absolute Gasteiger partial charge is 0.467 e. The Morgan fingerprint density at radius 1 is 1.27 bits per heavy atom. The summed E-state index contributed by atoms with van der Waals surface area (Å²) in [6.07, 6.45) is -3.67. The molecule has 0 saturated carbocycles. The summed E-state index contributed by atoms with van der Waals surface area (Å²) in [5.41, 5.74) is -3.35. The highest BCUT2D eigenvalue weighted by Gasteiger charge is 2.68. The lowest BCUT2D eigenvalue weighted by Gasteiger charge is -2.35. The fraction of sp³-hybridized carbons (Fsp3) is 0.308. The van der Waals surface area contributed by atoms with Crippen molar-refractivity contribution in [2.75, 3.05) is 13.7 Å². The van der Waals surface area contributed by atoms with Crippen molar-refractivity contribution < 1.29 is 31.1 Å². The number of carbonyl (C=O) groups excluding carboxylic acids is 1. The number of ether oxygens (including phenoxy) is 1. The Balaban J connectivity index is 2.62. The number of carbonyl (C=O) groups is 1. The topological polar surface area (TPSA) is 63.7 Å². The van der Waals surface area contributed by atoms with E-state index in [1.165, 1.54) is 18.2 Å². The van der Waals surface area contributed by atoms with E-state index in [1.807, 2.05) is 0 Å². The van der Waals surface area contributed by atoms with Crippen LogP contribution in [0, 0.1) is 0 Å². The van der Waals surface area contributed by atoms with Crippen molar-refractivity contribution >= 4 is 16.0 Å². The second-order valence-corrected chi connectivity index (χ2v) is 6.37. The summed E-state index contributed by atoms with van der Waals surface area (Å²) in [5.74, 6) is -1.70. The van der Waals surface area contributed by atoms with Gasteiger partial charge < -0.3 is 4.74 Å². The second-order valence-electron chi connectivity index (χ2n) is 4.51. The van der Waals surface area contributed by atoms with Crippen molar-refractivity contribution in [2.45, 2.75) is 16.6 Å². The SMILES string of the molecule is COC(=O)C1(C(F)(F)F)C=CCN1S(=O)(=O)c1ccccc1. The number of nitrogens with zero attached hydrogens (tertiary/aromatic N) is 1. The smallest absolute Gasteiger partial charge is 0.422 e. The number of methoxy groups -OCH3 is 1. The van der Waals surface area contributed by atoms with E-state index in [0.717, 1.165) is 25.3 Å². The van der Waals surface area contributed by atoms with Gasteiger partial charge in [-0.15, -0.1) is 0 Å². The van der Waals surface area contributed by atoms with Gasteiger partial charge in [0.1, 0.15) is 0 Å². The molecule has 1 aromatic carbocycles. The van der Waals surface area contributed by atoms with Crippen LogP contribution in [0.1, 0.15) is 0 Å². The number of esters is 1. The number of sulfonamides is 1. The summed E-state index contributed by atoms with van der Waals surface area (Å²) in [5, 5.41) is 0. The standard InChI is InChI=1S/C13H12F3NO4S/c1-21-11(18)12(13(14,15)16)8-5-9-17(12)22(19,20)10-6-3-2-4-7-10/h2-8H,9H2,1H3. The maximum absolute atomic E-state index is 13.5. The molecule has 1 aromatic rings. The van der Waals surface area contributed by atoms with E-state index in [2.05, 4.69) is 4.74 Å². The van der Waals surface area contributed by atoms with E-state index in [9.17, 15) is 26.4 Å². The predicted octanol–water partition coefficient (Wildman–Crippen LogP) is 1.72. The summed E-state index contributed by atoms with van der Waals surface area (Å²) in [4.78, 5) is 11.4. The molecule has 0 radical (unpaired) electrons. The molecule has 1 atom stereocenters. The summed E-state index contributed by atoms with van der Waals surface area (Å²) in [6, 6.07) is 6.60. The molecule has 0 spiro atoms. The lowest BCUT2D eigenvalue weighted by atomic mass is 10.0. The number of benzene rings is 1. The first-order valence-corrected chi connectivity index (χ1v) is 7.52. The van der Waals surface area contributed by atoms with Gasteiger partial charge in [0.05, 0.1) is 12.0 Å². The van der Waals surface area contributed by atoms with Crippen LogP contribution in [-0.4, -0.2) is 44.1 Å². The molecule has 120 valence electrons. The van der Waals surface area contributed by atoms with E-state index in [0.29, 0.717) is 6.08 Å². The average Bonchev–Trinajstić information content (AvgIpc) is 2.94. The maximum atomic E-state index is 13.5. The van der Waals surface area contributed by atoms with Crippen molar-refractivity contribution in [3.63, 3.8) is 0 Å². The molecule has 0 aliphatic carbocycles. The number of rotatable bonds is 3. The minimum Gasteiger partial charge on any atom is -0.467 e. The fourth-order valence-electron chi connectivity index (χ4n) is 2.23. The third-order valence-electron chi connectivity index (χ3n) is 3.28. The summed E-state index contributed by atoms with van der Waals surface area (Å²) < 4.78 is 69.8. The molecule has 1 heterocycles. The zero-order valence-corrected chi connectivity index (χ0v) is 12.2. The van der Waals surface area contributed by atoms with Gasteiger partial charge in [-0.05, 0) is 18.2 Å². The van der Waals surface area contributed by atoms with Gasteiger partial charge >= 0.3 is 12.1 Å². The Morgan fingerprint density at radius 3 is 2.36 bits per heavy atom. The molecule has 9 heteroatoms. The molecule has 1 aliphatic heterocycles. The Labute approximate surface area is 125 Å². The van der Waals surface area contributed by atoms with Crippen LogP contribution in [0.3, 0.4) is 0 Å². The van der Waals surface area contributed by atoms with Gasteiger partial charge in [0.25, 0.3) is 0 Å². The van der Waals surface area contributed by atoms with Gasteiger partial charge in [0, 0.05) is 6.54 Å². The molecule has 2 rings (SSSR count). The van der Waals surface area contributed by atoms with Gasteiger partial charge in [-0.2, -0.15) is 17.5 Å². The van der Waals surface area contributed by atoms with Crippen LogP contribution in [0.15, 0.2) is 47.4 Å². The monoisotopic (exact) mass is 335 g/mol. The summed E-state index contributed by atoms with van der Waals surface area (Å²) >= 11 is 0. The number of hydrogen-bond acceptors (Lipinski definition) is 4. The van der Waals surface area contributed by atoms with Crippen molar-refractivity contribution in [3.05, 3.63) is 42.5 Å². The lowest BCUT2D eigenvalue weighted by molar-refractivity contribution is -0.211. The molecule has 5 nitrogen and oxygen atoms in total. The van der Waals surface area contributed by atoms with E-state index in [1.54, 1.807) is 0 Å². The fourth-order valence-corrected chi connectivity index (χ4v) is 3.89. The van der Waals surface area contributed by atoms with Crippen LogP contribution >= 0.6 is 0 Å². The zero-order valence-electron chi connectivity index (χ0n) is 11.4. The highest BCUT2D eigenvalue weighted by molar-refractivity contribution is 7.89. The molecule has 0 N–H and O–H groups in total. The molecule has 1 unspecified atom stereocenters. The van der Waals surface area contributed by atoms with Crippen molar-refractivity contribution in [1.29, 1.82) is 0 Å². The van der Waals surface area contributed by atoms with Crippen LogP contribution in [0.5, 0.6) is 0 Å². The molecule has 0 amide bonds. The molecular formula is C13H12F3NO4S. The Kier molecular flexibility index (Phi) is 4.05. The molecule has 0 aromatic heterocycles. The van der Waals surface area contributed by atoms with Gasteiger partial charge in [0.2, 0.25) is 15.6 Å². The van der Waals surface area contributed by atoms with Gasteiger partial charge in [-0.3, -0.25) is 0 Å². The van der Waals surface area contributed by atoms with Crippen molar-refractivity contribution in [1.82, 2.24) is 4.31 Å². The van der Waals surface area contributed by atoms with Crippen LogP contribution in [0.4, 0.5) is 13.2 Å². The Hall–Kier alpha value is -1.87. The molecular weight excluding hydrogens is 323 g/mol. The van der Waals surface area contributed by atoms with Crippen LogP contribution in [0.25, 0.3) is 0 Å². The Bertz CT molecular complexity index is 700. The van der Waals surface area contributed by atoms with Crippen LogP contribution in [-0.2, 0) is 19.6 Å². The molecule has 0 fully saturated rings. The number of alkyl halides is 3. The van der Waals surface area contributed by atoms with Gasteiger partial charge in [0.15, 0.2) is 0 Å². The number of hydrogen-bond donors (Lipinski definition) is 0. The van der Waals surface area contributed by atoms with E-state index in [-0.39, 0.29) is 9.20 Å². The average molecular weight is 335 g/mol. The van der Waals surface area contributed by atoms with E-state index >= 15 is 0 Å². The third-order valence-corrected chi connectivity index (χ3v) is 5.17. The minimum atomic E-state index is -5.16. The zero-order chi connectivity index (χ0) is 16.6. The normalized spacial score (nSPS) is 22.7. The van der Waals surface area contributed by atoms with Gasteiger partial charge in [-0.1, -0.05) is 24.3 Å². The molecule has 22 heavy (non-hydrogen) atoms. The first kappa shape index (κ1) is 16.5. The second kappa shape index (κ2) is 5.40. The van der Waals surface area contributed by atoms with Crippen LogP contribution in [0.2, 0.25) is 0 Å². The van der Waals surface area contributed by atoms with E-state index in [4.69, 9.17) is 0 Å². The first-order chi connectivity index (χ1) is 10.2. The highest BCUT2D eigenvalue weighted by atomic mass is 32.2. The molecule has 1 aliphatic rings. The van der Waals surface area contributed by atoms with Crippen molar-refractivity contribution in [3.8, 4) is 0 Å². The molecule has 0 saturated heterocycles.